The number of anilines is 1. The number of hydrogen-bond acceptors (Lipinski definition) is 5. The van der Waals surface area contributed by atoms with E-state index in [0.717, 1.165) is 5.82 Å². The maximum absolute atomic E-state index is 12.0. The third-order valence-electron chi connectivity index (χ3n) is 2.97. The third-order valence-corrected chi connectivity index (χ3v) is 2.97. The highest BCUT2D eigenvalue weighted by Crippen LogP contribution is 2.20. The number of methoxy groups -OCH3 is 1. The van der Waals surface area contributed by atoms with Gasteiger partial charge in [0, 0.05) is 18.1 Å². The highest BCUT2D eigenvalue weighted by molar-refractivity contribution is 5.95. The van der Waals surface area contributed by atoms with E-state index in [4.69, 9.17) is 15.2 Å². The Hall–Kier alpha value is -2.50. The van der Waals surface area contributed by atoms with Gasteiger partial charge in [-0.1, -0.05) is 0 Å². The van der Waals surface area contributed by atoms with Crippen LogP contribution in [-0.4, -0.2) is 29.2 Å². The van der Waals surface area contributed by atoms with Gasteiger partial charge in [-0.05, 0) is 25.1 Å². The van der Waals surface area contributed by atoms with Gasteiger partial charge in [0.25, 0.3) is 0 Å². The van der Waals surface area contributed by atoms with Crippen molar-refractivity contribution >= 4 is 11.7 Å². The van der Waals surface area contributed by atoms with Crippen LogP contribution in [0.15, 0.2) is 30.6 Å². The summed E-state index contributed by atoms with van der Waals surface area (Å²) in [5, 5.41) is 0. The lowest BCUT2D eigenvalue weighted by Gasteiger charge is -2.09. The molecule has 0 fully saturated rings. The van der Waals surface area contributed by atoms with Gasteiger partial charge in [0.2, 0.25) is 0 Å². The summed E-state index contributed by atoms with van der Waals surface area (Å²) in [7, 11) is 1.53. The first kappa shape index (κ1) is 13.9. The fraction of sp³-hybridized carbons (Fsp3) is 0.286. The molecule has 0 aliphatic heterocycles. The molecule has 0 saturated carbocycles. The Balaban J connectivity index is 1.96. The number of benzene rings is 1. The second kappa shape index (κ2) is 6.10. The Morgan fingerprint density at radius 1 is 1.45 bits per heavy atom. The lowest BCUT2D eigenvalue weighted by Crippen LogP contribution is -2.13. The highest BCUT2D eigenvalue weighted by atomic mass is 16.5. The number of ether oxygens (including phenoxy) is 2. The molecule has 0 bridgehead atoms. The van der Waals surface area contributed by atoms with Crippen LogP contribution < -0.4 is 10.5 Å². The molecule has 1 aromatic carbocycles. The number of nitrogen functional groups attached to an aromatic ring is 1. The summed E-state index contributed by atoms with van der Waals surface area (Å²) < 4.78 is 12.2. The Kier molecular flexibility index (Phi) is 4.24. The summed E-state index contributed by atoms with van der Waals surface area (Å²) in [6, 6.07) is 4.89. The predicted octanol–water partition coefficient (Wildman–Crippen LogP) is 1.64. The van der Waals surface area contributed by atoms with Crippen molar-refractivity contribution in [1.29, 1.82) is 0 Å². The molecule has 0 spiro atoms. The molecule has 0 unspecified atom stereocenters. The zero-order valence-electron chi connectivity index (χ0n) is 11.5. The fourth-order valence-electron chi connectivity index (χ4n) is 1.79. The fourth-order valence-corrected chi connectivity index (χ4v) is 1.79. The van der Waals surface area contributed by atoms with Crippen molar-refractivity contribution in [2.24, 2.45) is 0 Å². The molecule has 2 rings (SSSR count). The molecule has 1 aromatic heterocycles. The van der Waals surface area contributed by atoms with E-state index in [1.165, 1.54) is 7.11 Å². The van der Waals surface area contributed by atoms with Crippen LogP contribution in [0.3, 0.4) is 0 Å². The van der Waals surface area contributed by atoms with E-state index < -0.39 is 5.97 Å². The zero-order valence-corrected chi connectivity index (χ0v) is 11.5. The SMILES string of the molecule is COc1ccc(N)c(C(=O)OCCn2ccnc2C)c1. The van der Waals surface area contributed by atoms with Crippen LogP contribution in [0.4, 0.5) is 5.69 Å². The first-order valence-electron chi connectivity index (χ1n) is 6.20. The second-order valence-electron chi connectivity index (χ2n) is 4.26. The summed E-state index contributed by atoms with van der Waals surface area (Å²) >= 11 is 0. The molecule has 0 radical (unpaired) electrons. The Labute approximate surface area is 117 Å². The Bertz CT molecular complexity index is 607. The van der Waals surface area contributed by atoms with Gasteiger partial charge >= 0.3 is 5.97 Å². The van der Waals surface area contributed by atoms with Crippen molar-refractivity contribution in [3.63, 3.8) is 0 Å². The van der Waals surface area contributed by atoms with Gasteiger partial charge in [-0.25, -0.2) is 9.78 Å². The minimum atomic E-state index is -0.459. The summed E-state index contributed by atoms with van der Waals surface area (Å²) in [5.74, 6) is 0.984. The average molecular weight is 275 g/mol. The van der Waals surface area contributed by atoms with Crippen LogP contribution in [0.2, 0.25) is 0 Å². The van der Waals surface area contributed by atoms with Crippen LogP contribution in [0, 0.1) is 6.92 Å². The molecule has 2 N–H and O–H groups in total. The number of hydrogen-bond donors (Lipinski definition) is 1. The van der Waals surface area contributed by atoms with E-state index in [1.807, 2.05) is 17.7 Å². The van der Waals surface area contributed by atoms with Gasteiger partial charge in [0.05, 0.1) is 19.2 Å². The largest absolute Gasteiger partial charge is 0.497 e. The van der Waals surface area contributed by atoms with Crippen molar-refractivity contribution in [3.8, 4) is 5.75 Å². The molecule has 106 valence electrons. The van der Waals surface area contributed by atoms with Gasteiger partial charge in [-0.15, -0.1) is 0 Å². The minimum Gasteiger partial charge on any atom is -0.497 e. The maximum Gasteiger partial charge on any atom is 0.340 e. The van der Waals surface area contributed by atoms with Gasteiger partial charge in [0.1, 0.15) is 18.2 Å². The highest BCUT2D eigenvalue weighted by Gasteiger charge is 2.12. The number of carbonyl (C=O) groups is 1. The second-order valence-corrected chi connectivity index (χ2v) is 4.26. The minimum absolute atomic E-state index is 0.257. The van der Waals surface area contributed by atoms with Crippen molar-refractivity contribution in [3.05, 3.63) is 42.0 Å². The first-order chi connectivity index (χ1) is 9.61. The number of aryl methyl sites for hydroxylation is 1. The van der Waals surface area contributed by atoms with E-state index >= 15 is 0 Å². The van der Waals surface area contributed by atoms with Gasteiger partial charge in [-0.2, -0.15) is 0 Å². The molecule has 0 aliphatic rings. The van der Waals surface area contributed by atoms with Crippen LogP contribution in [-0.2, 0) is 11.3 Å². The predicted molar refractivity (Wildman–Crippen MR) is 74.7 cm³/mol. The first-order valence-corrected chi connectivity index (χ1v) is 6.20. The zero-order chi connectivity index (χ0) is 14.5. The average Bonchev–Trinajstić information content (AvgIpc) is 2.85. The molecule has 20 heavy (non-hydrogen) atoms. The normalized spacial score (nSPS) is 10.3. The standard InChI is InChI=1S/C14H17N3O3/c1-10-16-5-6-17(10)7-8-20-14(18)12-9-11(19-2)3-4-13(12)15/h3-6,9H,7-8,15H2,1-2H3. The smallest absolute Gasteiger partial charge is 0.340 e. The Morgan fingerprint density at radius 3 is 2.90 bits per heavy atom. The van der Waals surface area contributed by atoms with E-state index in [9.17, 15) is 4.79 Å². The van der Waals surface area contributed by atoms with Crippen molar-refractivity contribution < 1.29 is 14.3 Å². The summed E-state index contributed by atoms with van der Waals surface area (Å²) in [4.78, 5) is 16.1. The number of aromatic nitrogens is 2. The molecule has 6 nitrogen and oxygen atoms in total. The number of nitrogens with zero attached hydrogens (tertiary/aromatic N) is 2. The van der Waals surface area contributed by atoms with Crippen molar-refractivity contribution in [2.75, 3.05) is 19.5 Å². The molecular weight excluding hydrogens is 258 g/mol. The molecular formula is C14H17N3O3. The number of esters is 1. The summed E-state index contributed by atoms with van der Waals surface area (Å²) in [6.45, 7) is 2.70. The molecule has 1 heterocycles. The molecule has 0 aliphatic carbocycles. The molecule has 6 heteroatoms. The monoisotopic (exact) mass is 275 g/mol. The molecule has 0 atom stereocenters. The van der Waals surface area contributed by atoms with E-state index in [-0.39, 0.29) is 6.61 Å². The number of imidazole rings is 1. The maximum atomic E-state index is 12.0. The molecule has 0 amide bonds. The van der Waals surface area contributed by atoms with Crippen molar-refractivity contribution in [2.45, 2.75) is 13.5 Å². The van der Waals surface area contributed by atoms with Gasteiger partial charge < -0.3 is 19.8 Å². The van der Waals surface area contributed by atoms with Crippen LogP contribution in [0.5, 0.6) is 5.75 Å². The van der Waals surface area contributed by atoms with Crippen LogP contribution in [0.25, 0.3) is 0 Å². The molecule has 2 aromatic rings. The van der Waals surface area contributed by atoms with Crippen LogP contribution >= 0.6 is 0 Å². The quantitative estimate of drug-likeness (QED) is 0.663. The van der Waals surface area contributed by atoms with E-state index in [0.29, 0.717) is 23.5 Å². The molecule has 0 saturated heterocycles. The lowest BCUT2D eigenvalue weighted by atomic mass is 10.2. The van der Waals surface area contributed by atoms with Crippen LogP contribution in [0.1, 0.15) is 16.2 Å². The number of nitrogens with two attached hydrogens (primary N) is 1. The topological polar surface area (TPSA) is 79.4 Å². The summed E-state index contributed by atoms with van der Waals surface area (Å²) in [5.41, 5.74) is 6.45. The Morgan fingerprint density at radius 2 is 2.25 bits per heavy atom. The lowest BCUT2D eigenvalue weighted by molar-refractivity contribution is 0.0491. The number of rotatable bonds is 5. The van der Waals surface area contributed by atoms with E-state index in [1.54, 1.807) is 24.4 Å². The number of carbonyl (C=O) groups excluding carboxylic acids is 1. The van der Waals surface area contributed by atoms with Gasteiger partial charge in [-0.3, -0.25) is 0 Å². The van der Waals surface area contributed by atoms with Gasteiger partial charge in [0.15, 0.2) is 0 Å². The summed E-state index contributed by atoms with van der Waals surface area (Å²) in [6.07, 6.45) is 3.54. The van der Waals surface area contributed by atoms with Crippen molar-refractivity contribution in [1.82, 2.24) is 9.55 Å². The van der Waals surface area contributed by atoms with E-state index in [2.05, 4.69) is 4.98 Å². The third kappa shape index (κ3) is 3.09.